The molecule has 0 radical (unpaired) electrons. The Morgan fingerprint density at radius 2 is 1.78 bits per heavy atom. The molecular formula is C39H45ClN6O3. The molecule has 2 aliphatic carbocycles. The molecule has 3 heterocycles. The Bertz CT molecular complexity index is 1760. The molecule has 3 aliphatic rings. The summed E-state index contributed by atoms with van der Waals surface area (Å²) in [5.74, 6) is -0.0859. The van der Waals surface area contributed by atoms with E-state index in [9.17, 15) is 9.59 Å². The lowest BCUT2D eigenvalue weighted by molar-refractivity contribution is -0.140. The summed E-state index contributed by atoms with van der Waals surface area (Å²) in [6.07, 6.45) is 11.9. The van der Waals surface area contributed by atoms with E-state index in [1.807, 2.05) is 71.2 Å². The summed E-state index contributed by atoms with van der Waals surface area (Å²) >= 11 is 6.51. The van der Waals surface area contributed by atoms with E-state index < -0.39 is 6.04 Å². The van der Waals surface area contributed by atoms with Crippen LogP contribution in [0.5, 0.6) is 0 Å². The standard InChI is InChI=1S/C39H45ClN6O3/c1-28-24-43(27-42-28)19-20-45(25-29-9-4-2-5-10-29)38(47)35-26-44(21-22-46(35)39(48)49-33-12-6-3-7-13-33)37-34-17-16-32(40)23-31(34)15-14-30-11-8-18-41-36(30)37/h2,4-5,8-11,16-18,23-24,27,33,35,37H,3,6-7,12-15,19-22,25-26H2,1H3/t35-,37?/m1/s1. The number of hydrogen-bond donors (Lipinski definition) is 0. The van der Waals surface area contributed by atoms with Crippen molar-refractivity contribution in [2.45, 2.75) is 83.1 Å². The Kier molecular flexibility index (Phi) is 10.3. The second kappa shape index (κ2) is 15.1. The number of piperazine rings is 1. The third kappa shape index (κ3) is 7.68. The molecule has 0 N–H and O–H groups in total. The van der Waals surface area contributed by atoms with Crippen molar-refractivity contribution in [2.75, 3.05) is 26.2 Å². The zero-order valence-corrected chi connectivity index (χ0v) is 29.0. The number of halogens is 1. The molecule has 1 saturated heterocycles. The Morgan fingerprint density at radius 3 is 2.57 bits per heavy atom. The van der Waals surface area contributed by atoms with E-state index in [0.29, 0.717) is 44.3 Å². The fraction of sp³-hybridized carbons (Fsp3) is 0.436. The fourth-order valence-electron chi connectivity index (χ4n) is 7.73. The van der Waals surface area contributed by atoms with Gasteiger partial charge in [-0.15, -0.1) is 0 Å². The van der Waals surface area contributed by atoms with Gasteiger partial charge >= 0.3 is 6.09 Å². The molecule has 1 saturated carbocycles. The Labute approximate surface area is 293 Å². The molecule has 2 aromatic carbocycles. The first-order chi connectivity index (χ1) is 23.9. The summed E-state index contributed by atoms with van der Waals surface area (Å²) < 4.78 is 8.14. The molecule has 49 heavy (non-hydrogen) atoms. The number of fused-ring (bicyclic) bond motifs is 2. The van der Waals surface area contributed by atoms with Gasteiger partial charge in [0.2, 0.25) is 5.91 Å². The lowest BCUT2D eigenvalue weighted by Crippen LogP contribution is -2.62. The number of amides is 2. The molecule has 10 heteroatoms. The topological polar surface area (TPSA) is 83.8 Å². The van der Waals surface area contributed by atoms with Crippen LogP contribution in [-0.2, 0) is 35.5 Å². The van der Waals surface area contributed by atoms with E-state index in [2.05, 4.69) is 28.1 Å². The summed E-state index contributed by atoms with van der Waals surface area (Å²) in [7, 11) is 0. The van der Waals surface area contributed by atoms with Gasteiger partial charge in [-0.25, -0.2) is 9.78 Å². The average molecular weight is 681 g/mol. The lowest BCUT2D eigenvalue weighted by Gasteiger charge is -2.45. The summed E-state index contributed by atoms with van der Waals surface area (Å²) in [4.78, 5) is 44.2. The minimum Gasteiger partial charge on any atom is -0.446 e. The van der Waals surface area contributed by atoms with Gasteiger partial charge in [0.1, 0.15) is 12.1 Å². The molecule has 7 rings (SSSR count). The number of aromatic nitrogens is 3. The molecule has 0 spiro atoms. The van der Waals surface area contributed by atoms with Crippen LogP contribution in [0.15, 0.2) is 79.4 Å². The maximum absolute atomic E-state index is 15.0. The van der Waals surface area contributed by atoms with Crippen molar-refractivity contribution in [1.29, 1.82) is 0 Å². The molecule has 2 amide bonds. The number of carbonyl (C=O) groups is 2. The molecule has 0 bridgehead atoms. The first-order valence-electron chi connectivity index (χ1n) is 17.7. The highest BCUT2D eigenvalue weighted by Crippen LogP contribution is 2.38. The predicted octanol–water partition coefficient (Wildman–Crippen LogP) is 6.61. The third-order valence-corrected chi connectivity index (χ3v) is 10.5. The SMILES string of the molecule is Cc1cn(CCN(Cc2ccccc2)C(=O)[C@H]2CN(C3c4ccc(Cl)cc4CCc4cccnc43)CCN2C(=O)OC2CCCCC2)cn1. The van der Waals surface area contributed by atoms with Crippen molar-refractivity contribution in [3.05, 3.63) is 118 Å². The van der Waals surface area contributed by atoms with Crippen molar-refractivity contribution >= 4 is 23.6 Å². The number of rotatable bonds is 8. The van der Waals surface area contributed by atoms with Crippen LogP contribution in [-0.4, -0.2) is 79.6 Å². The highest BCUT2D eigenvalue weighted by molar-refractivity contribution is 6.30. The first kappa shape index (κ1) is 33.3. The molecule has 1 unspecified atom stereocenters. The highest BCUT2D eigenvalue weighted by atomic mass is 35.5. The molecule has 2 atom stereocenters. The van der Waals surface area contributed by atoms with Crippen LogP contribution < -0.4 is 0 Å². The van der Waals surface area contributed by atoms with Crippen LogP contribution in [0.3, 0.4) is 0 Å². The van der Waals surface area contributed by atoms with Crippen molar-refractivity contribution in [2.24, 2.45) is 0 Å². The van der Waals surface area contributed by atoms with Gasteiger partial charge in [0, 0.05) is 56.7 Å². The second-order valence-corrected chi connectivity index (χ2v) is 14.1. The van der Waals surface area contributed by atoms with Crippen molar-refractivity contribution in [1.82, 2.24) is 29.2 Å². The monoisotopic (exact) mass is 680 g/mol. The van der Waals surface area contributed by atoms with Crippen LogP contribution in [0.4, 0.5) is 4.79 Å². The van der Waals surface area contributed by atoms with Crippen LogP contribution in [0, 0.1) is 6.92 Å². The van der Waals surface area contributed by atoms with Crippen LogP contribution >= 0.6 is 11.6 Å². The van der Waals surface area contributed by atoms with Gasteiger partial charge < -0.3 is 14.2 Å². The number of carbonyl (C=O) groups excluding carboxylic acids is 2. The van der Waals surface area contributed by atoms with Gasteiger partial charge in [-0.2, -0.15) is 0 Å². The first-order valence-corrected chi connectivity index (χ1v) is 18.1. The average Bonchev–Trinajstić information content (AvgIpc) is 3.48. The van der Waals surface area contributed by atoms with Gasteiger partial charge in [0.15, 0.2) is 0 Å². The van der Waals surface area contributed by atoms with Gasteiger partial charge in [-0.3, -0.25) is 19.6 Å². The van der Waals surface area contributed by atoms with E-state index in [0.717, 1.165) is 61.0 Å². The zero-order valence-electron chi connectivity index (χ0n) is 28.2. The van der Waals surface area contributed by atoms with Crippen molar-refractivity contribution in [3.8, 4) is 0 Å². The fourth-order valence-corrected chi connectivity index (χ4v) is 7.92. The number of nitrogens with zero attached hydrogens (tertiary/aromatic N) is 6. The Balaban J connectivity index is 1.23. The number of benzene rings is 2. The smallest absolute Gasteiger partial charge is 0.410 e. The highest BCUT2D eigenvalue weighted by Gasteiger charge is 2.43. The van der Waals surface area contributed by atoms with E-state index in [1.54, 1.807) is 11.2 Å². The van der Waals surface area contributed by atoms with E-state index in [1.165, 1.54) is 17.5 Å². The lowest BCUT2D eigenvalue weighted by atomic mass is 9.95. The number of imidazole rings is 1. The van der Waals surface area contributed by atoms with Crippen molar-refractivity contribution in [3.63, 3.8) is 0 Å². The van der Waals surface area contributed by atoms with Gasteiger partial charge in [0.05, 0.1) is 23.8 Å². The maximum atomic E-state index is 15.0. The van der Waals surface area contributed by atoms with E-state index in [-0.39, 0.29) is 24.1 Å². The molecule has 256 valence electrons. The van der Waals surface area contributed by atoms with Crippen LogP contribution in [0.1, 0.15) is 71.8 Å². The minimum absolute atomic E-state index is 0.0859. The number of ether oxygens (including phenoxy) is 1. The number of hydrogen-bond acceptors (Lipinski definition) is 6. The summed E-state index contributed by atoms with van der Waals surface area (Å²) in [5, 5.41) is 0.712. The van der Waals surface area contributed by atoms with Crippen LogP contribution in [0.25, 0.3) is 0 Å². The molecule has 2 aromatic heterocycles. The third-order valence-electron chi connectivity index (χ3n) is 10.3. The van der Waals surface area contributed by atoms with Gasteiger partial charge in [0.25, 0.3) is 0 Å². The molecule has 1 aliphatic heterocycles. The van der Waals surface area contributed by atoms with E-state index in [4.69, 9.17) is 21.3 Å². The quantitative estimate of drug-likeness (QED) is 0.208. The molecule has 2 fully saturated rings. The normalized spacial score (nSPS) is 19.8. The summed E-state index contributed by atoms with van der Waals surface area (Å²) in [5.41, 5.74) is 6.52. The molecular weight excluding hydrogens is 636 g/mol. The predicted molar refractivity (Wildman–Crippen MR) is 189 cm³/mol. The van der Waals surface area contributed by atoms with Crippen LogP contribution in [0.2, 0.25) is 5.02 Å². The van der Waals surface area contributed by atoms with Crippen molar-refractivity contribution < 1.29 is 14.3 Å². The minimum atomic E-state index is -0.732. The van der Waals surface area contributed by atoms with Gasteiger partial charge in [-0.1, -0.05) is 60.5 Å². The largest absolute Gasteiger partial charge is 0.446 e. The van der Waals surface area contributed by atoms with E-state index >= 15 is 0 Å². The maximum Gasteiger partial charge on any atom is 0.410 e. The van der Waals surface area contributed by atoms with Gasteiger partial charge in [-0.05, 0) is 85.9 Å². The molecule has 4 aromatic rings. The Morgan fingerprint density at radius 1 is 0.959 bits per heavy atom. The summed E-state index contributed by atoms with van der Waals surface area (Å²) in [6.45, 7) is 4.78. The second-order valence-electron chi connectivity index (χ2n) is 13.6. The molecule has 9 nitrogen and oxygen atoms in total. The zero-order chi connectivity index (χ0) is 33.7. The summed E-state index contributed by atoms with van der Waals surface area (Å²) in [6, 6.07) is 19.4. The Hall–Kier alpha value is -4.21. The number of aryl methyl sites for hydroxylation is 3. The number of pyridine rings is 1.